The summed E-state index contributed by atoms with van der Waals surface area (Å²) in [5, 5.41) is 9.19. The number of hydrogen-bond donors (Lipinski definition) is 1. The van der Waals surface area contributed by atoms with Crippen LogP contribution in [0.2, 0.25) is 0 Å². The molecule has 0 aliphatic carbocycles. The van der Waals surface area contributed by atoms with Crippen LogP contribution in [0.5, 0.6) is 0 Å². The lowest BCUT2D eigenvalue weighted by molar-refractivity contribution is -0.159. The van der Waals surface area contributed by atoms with E-state index < -0.39 is 30.4 Å². The van der Waals surface area contributed by atoms with Crippen molar-refractivity contribution >= 4 is 11.9 Å². The highest BCUT2D eigenvalue weighted by Crippen LogP contribution is 2.22. The summed E-state index contributed by atoms with van der Waals surface area (Å²) in [6, 6.07) is 0. The third-order valence-electron chi connectivity index (χ3n) is 1.95. The Hall–Kier alpha value is -1.14. The zero-order valence-corrected chi connectivity index (χ0v) is 8.63. The molecule has 0 aromatic rings. The van der Waals surface area contributed by atoms with Crippen LogP contribution in [0.25, 0.3) is 0 Å². The molecule has 0 aromatic heterocycles. The van der Waals surface area contributed by atoms with E-state index in [9.17, 15) is 14.7 Å². The van der Waals surface area contributed by atoms with Crippen LogP contribution in [0.4, 0.5) is 0 Å². The Balaban J connectivity index is 2.45. The maximum absolute atomic E-state index is 10.7. The Morgan fingerprint density at radius 1 is 1.40 bits per heavy atom. The predicted molar refractivity (Wildman–Crippen MR) is 47.7 cm³/mol. The van der Waals surface area contributed by atoms with E-state index in [0.29, 0.717) is 0 Å². The first-order valence-corrected chi connectivity index (χ1v) is 4.63. The molecule has 0 spiro atoms. The maximum Gasteiger partial charge on any atom is 0.303 e. The summed E-state index contributed by atoms with van der Waals surface area (Å²) < 4.78 is 14.7. The van der Waals surface area contributed by atoms with Gasteiger partial charge < -0.3 is 19.3 Å². The number of aliphatic hydroxyl groups excluding tert-OH is 1. The number of carbonyl (C=O) groups is 2. The molecular formula is C9H14O6. The second-order valence-electron chi connectivity index (χ2n) is 3.32. The van der Waals surface area contributed by atoms with Gasteiger partial charge in [0.2, 0.25) is 0 Å². The van der Waals surface area contributed by atoms with Gasteiger partial charge in [-0.15, -0.1) is 0 Å². The van der Waals surface area contributed by atoms with E-state index in [0.717, 1.165) is 0 Å². The van der Waals surface area contributed by atoms with Crippen LogP contribution < -0.4 is 0 Å². The van der Waals surface area contributed by atoms with Crippen molar-refractivity contribution in [2.24, 2.45) is 0 Å². The van der Waals surface area contributed by atoms with E-state index >= 15 is 0 Å². The number of rotatable bonds is 3. The van der Waals surface area contributed by atoms with Crippen LogP contribution in [-0.2, 0) is 23.8 Å². The Bertz CT molecular complexity index is 251. The molecule has 15 heavy (non-hydrogen) atoms. The molecule has 6 nitrogen and oxygen atoms in total. The third-order valence-corrected chi connectivity index (χ3v) is 1.95. The van der Waals surface area contributed by atoms with Gasteiger partial charge in [-0.1, -0.05) is 0 Å². The molecule has 0 amide bonds. The summed E-state index contributed by atoms with van der Waals surface area (Å²) in [6.45, 7) is 2.52. The average Bonchev–Trinajstić information content (AvgIpc) is 2.41. The Morgan fingerprint density at radius 3 is 2.60 bits per heavy atom. The van der Waals surface area contributed by atoms with Gasteiger partial charge in [0.15, 0.2) is 6.29 Å². The van der Waals surface area contributed by atoms with E-state index in [1.165, 1.54) is 13.8 Å². The van der Waals surface area contributed by atoms with Gasteiger partial charge in [-0.05, 0) is 0 Å². The first-order valence-electron chi connectivity index (χ1n) is 4.63. The van der Waals surface area contributed by atoms with Gasteiger partial charge in [-0.3, -0.25) is 9.59 Å². The fourth-order valence-electron chi connectivity index (χ4n) is 1.38. The van der Waals surface area contributed by atoms with Crippen molar-refractivity contribution in [1.82, 2.24) is 0 Å². The highest BCUT2D eigenvalue weighted by molar-refractivity contribution is 5.66. The monoisotopic (exact) mass is 218 g/mol. The molecule has 1 rings (SSSR count). The van der Waals surface area contributed by atoms with Crippen LogP contribution in [0.15, 0.2) is 0 Å². The van der Waals surface area contributed by atoms with Crippen LogP contribution >= 0.6 is 0 Å². The molecule has 0 saturated carbocycles. The van der Waals surface area contributed by atoms with Crippen molar-refractivity contribution in [2.75, 3.05) is 6.61 Å². The van der Waals surface area contributed by atoms with E-state index in [4.69, 9.17) is 14.2 Å². The van der Waals surface area contributed by atoms with E-state index in [-0.39, 0.29) is 13.0 Å². The maximum atomic E-state index is 10.7. The van der Waals surface area contributed by atoms with E-state index in [2.05, 4.69) is 0 Å². The van der Waals surface area contributed by atoms with Gasteiger partial charge in [-0.25, -0.2) is 0 Å². The molecule has 0 radical (unpaired) electrons. The fraction of sp³-hybridized carbons (Fsp3) is 0.778. The first kappa shape index (κ1) is 11.9. The van der Waals surface area contributed by atoms with Crippen LogP contribution in [0.3, 0.4) is 0 Å². The van der Waals surface area contributed by atoms with Gasteiger partial charge in [0.25, 0.3) is 0 Å². The van der Waals surface area contributed by atoms with Crippen molar-refractivity contribution < 1.29 is 28.9 Å². The molecule has 86 valence electrons. The Labute approximate surface area is 87.1 Å². The highest BCUT2D eigenvalue weighted by Gasteiger charge is 2.37. The van der Waals surface area contributed by atoms with Crippen LogP contribution in [0.1, 0.15) is 20.3 Å². The molecule has 3 atom stereocenters. The number of carbonyl (C=O) groups excluding carboxylic acids is 2. The predicted octanol–water partition coefficient (Wildman–Crippen LogP) is -0.412. The summed E-state index contributed by atoms with van der Waals surface area (Å²) in [7, 11) is 0. The molecule has 1 heterocycles. The number of ether oxygens (including phenoxy) is 3. The molecule has 1 saturated heterocycles. The summed E-state index contributed by atoms with van der Waals surface area (Å²) in [4.78, 5) is 21.3. The lowest BCUT2D eigenvalue weighted by atomic mass is 10.2. The van der Waals surface area contributed by atoms with Crippen LogP contribution in [-0.4, -0.2) is 42.1 Å². The summed E-state index contributed by atoms with van der Waals surface area (Å²) in [6.07, 6.45) is -1.93. The second kappa shape index (κ2) is 5.09. The van der Waals surface area contributed by atoms with Gasteiger partial charge in [0.1, 0.15) is 18.8 Å². The van der Waals surface area contributed by atoms with Crippen molar-refractivity contribution in [3.63, 3.8) is 0 Å². The first-order chi connectivity index (χ1) is 6.99. The topological polar surface area (TPSA) is 82.1 Å². The van der Waals surface area contributed by atoms with Crippen molar-refractivity contribution in [1.29, 1.82) is 0 Å². The third kappa shape index (κ3) is 3.85. The molecular weight excluding hydrogens is 204 g/mol. The minimum atomic E-state index is -0.977. The standard InChI is InChI=1S/C9H14O6/c1-5(10)13-4-8-7(14-6(2)11)3-9(12)15-8/h7-9,12H,3-4H2,1-2H3/t7-,8-,9+/m0/s1. The molecule has 0 bridgehead atoms. The second-order valence-corrected chi connectivity index (χ2v) is 3.32. The van der Waals surface area contributed by atoms with Crippen molar-refractivity contribution in [3.8, 4) is 0 Å². The Morgan fingerprint density at radius 2 is 2.07 bits per heavy atom. The quantitative estimate of drug-likeness (QED) is 0.648. The van der Waals surface area contributed by atoms with Gasteiger partial charge in [-0.2, -0.15) is 0 Å². The lowest BCUT2D eigenvalue weighted by Crippen LogP contribution is -2.31. The van der Waals surface area contributed by atoms with Gasteiger partial charge in [0.05, 0.1) is 0 Å². The van der Waals surface area contributed by atoms with Crippen molar-refractivity contribution in [3.05, 3.63) is 0 Å². The molecule has 6 heteroatoms. The molecule has 1 aliphatic rings. The largest absolute Gasteiger partial charge is 0.463 e. The zero-order chi connectivity index (χ0) is 11.4. The normalized spacial score (nSPS) is 29.9. The molecule has 1 aliphatic heterocycles. The van der Waals surface area contributed by atoms with E-state index in [1.807, 2.05) is 0 Å². The summed E-state index contributed by atoms with van der Waals surface area (Å²) in [5.41, 5.74) is 0. The summed E-state index contributed by atoms with van der Waals surface area (Å²) in [5.74, 6) is -0.896. The zero-order valence-electron chi connectivity index (χ0n) is 8.63. The van der Waals surface area contributed by atoms with Crippen LogP contribution in [0, 0.1) is 0 Å². The molecule has 0 unspecified atom stereocenters. The molecule has 1 fully saturated rings. The lowest BCUT2D eigenvalue weighted by Gasteiger charge is -2.17. The summed E-state index contributed by atoms with van der Waals surface area (Å²) >= 11 is 0. The SMILES string of the molecule is CC(=O)OC[C@@H]1O[C@@H](O)C[C@@H]1OC(C)=O. The smallest absolute Gasteiger partial charge is 0.303 e. The Kier molecular flexibility index (Phi) is 4.05. The van der Waals surface area contributed by atoms with Crippen molar-refractivity contribution in [2.45, 2.75) is 38.8 Å². The number of esters is 2. The fourth-order valence-corrected chi connectivity index (χ4v) is 1.38. The highest BCUT2D eigenvalue weighted by atomic mass is 16.7. The molecule has 1 N–H and O–H groups in total. The minimum Gasteiger partial charge on any atom is -0.463 e. The molecule has 0 aromatic carbocycles. The number of hydrogen-bond acceptors (Lipinski definition) is 6. The van der Waals surface area contributed by atoms with Gasteiger partial charge >= 0.3 is 11.9 Å². The number of aliphatic hydroxyl groups is 1. The van der Waals surface area contributed by atoms with E-state index in [1.54, 1.807) is 0 Å². The average molecular weight is 218 g/mol. The minimum absolute atomic E-state index is 0.0235. The van der Waals surface area contributed by atoms with Gasteiger partial charge in [0, 0.05) is 20.3 Å².